The number of benzene rings is 1. The van der Waals surface area contributed by atoms with Gasteiger partial charge in [-0.25, -0.2) is 0 Å². The highest BCUT2D eigenvalue weighted by atomic mass is 35.5. The molecule has 142 valence electrons. The number of aromatic nitrogens is 1. The summed E-state index contributed by atoms with van der Waals surface area (Å²) in [5, 5.41) is 12.8. The summed E-state index contributed by atoms with van der Waals surface area (Å²) in [6, 6.07) is 13.7. The van der Waals surface area contributed by atoms with Crippen molar-refractivity contribution < 1.29 is 9.90 Å². The van der Waals surface area contributed by atoms with Gasteiger partial charge in [0, 0.05) is 32.0 Å². The fourth-order valence-corrected chi connectivity index (χ4v) is 3.01. The quantitative estimate of drug-likeness (QED) is 0.783. The number of pyridine rings is 1. The summed E-state index contributed by atoms with van der Waals surface area (Å²) in [6.07, 6.45) is 4.37. The minimum atomic E-state index is -0.437. The van der Waals surface area contributed by atoms with Gasteiger partial charge in [0.15, 0.2) is 0 Å². The monoisotopic (exact) mass is 397 g/mol. The lowest BCUT2D eigenvalue weighted by Gasteiger charge is -2.26. The Kier molecular flexibility index (Phi) is 9.59. The van der Waals surface area contributed by atoms with Gasteiger partial charge in [-0.1, -0.05) is 36.4 Å². The van der Waals surface area contributed by atoms with Crippen LogP contribution < -0.4 is 5.32 Å². The van der Waals surface area contributed by atoms with E-state index in [2.05, 4.69) is 22.4 Å². The first-order chi connectivity index (χ1) is 11.7. The second kappa shape index (κ2) is 11.1. The van der Waals surface area contributed by atoms with Crippen LogP contribution in [0.15, 0.2) is 54.9 Å². The molecule has 2 atom stereocenters. The Morgan fingerprint density at radius 1 is 1.15 bits per heavy atom. The fourth-order valence-electron chi connectivity index (χ4n) is 3.01. The molecule has 1 amide bonds. The number of β-amino-alcohol motifs (C(OH)–C–C–N with tert-alkyl or cyclic N) is 1. The lowest BCUT2D eigenvalue weighted by atomic mass is 10.1. The van der Waals surface area contributed by atoms with E-state index in [1.807, 2.05) is 35.2 Å². The van der Waals surface area contributed by atoms with Crippen molar-refractivity contribution >= 4 is 30.7 Å². The molecule has 5 nitrogen and oxygen atoms in total. The average Bonchev–Trinajstić information content (AvgIpc) is 3.06. The molecule has 7 heteroatoms. The number of amides is 1. The van der Waals surface area contributed by atoms with Crippen molar-refractivity contribution in [3.05, 3.63) is 66.0 Å². The molecule has 2 aromatic rings. The molecule has 1 saturated heterocycles. The van der Waals surface area contributed by atoms with Gasteiger partial charge in [-0.3, -0.25) is 9.78 Å². The van der Waals surface area contributed by atoms with E-state index < -0.39 is 6.10 Å². The third-order valence-electron chi connectivity index (χ3n) is 4.33. The molecule has 2 heterocycles. The van der Waals surface area contributed by atoms with Gasteiger partial charge in [-0.05, 0) is 30.0 Å². The maximum Gasteiger partial charge on any atom is 0.240 e. The van der Waals surface area contributed by atoms with Crippen LogP contribution >= 0.6 is 24.8 Å². The van der Waals surface area contributed by atoms with Gasteiger partial charge in [-0.15, -0.1) is 24.8 Å². The van der Waals surface area contributed by atoms with Crippen LogP contribution in [0.5, 0.6) is 0 Å². The molecule has 0 bridgehead atoms. The summed E-state index contributed by atoms with van der Waals surface area (Å²) in [7, 11) is 0. The molecule has 1 aliphatic heterocycles. The standard InChI is InChI=1S/C19H23N3O2.2ClH/c23-17-11-18(21-13-17)19(24)22(14-16-7-4-9-20-12-16)10-8-15-5-2-1-3-6-15;;/h1-7,9,12,17-18,21,23H,8,10-11,13-14H2;2*1H/t17-,18+;;/m1../s1. The number of carbonyl (C=O) groups excluding carboxylic acids is 1. The number of aliphatic hydroxyl groups is 1. The molecule has 0 radical (unpaired) electrons. The molecule has 0 aliphatic carbocycles. The molecule has 1 aromatic carbocycles. The maximum absolute atomic E-state index is 12.8. The van der Waals surface area contributed by atoms with Gasteiger partial charge >= 0.3 is 0 Å². The molecule has 1 fully saturated rings. The van der Waals surface area contributed by atoms with E-state index in [-0.39, 0.29) is 36.8 Å². The molecule has 2 N–H and O–H groups in total. The number of nitrogens with one attached hydrogen (secondary N) is 1. The summed E-state index contributed by atoms with van der Waals surface area (Å²) in [5.74, 6) is 0.0475. The average molecular weight is 398 g/mol. The summed E-state index contributed by atoms with van der Waals surface area (Å²) >= 11 is 0. The number of hydrogen-bond acceptors (Lipinski definition) is 4. The number of halogens is 2. The third kappa shape index (κ3) is 6.25. The minimum absolute atomic E-state index is 0. The Morgan fingerprint density at radius 2 is 1.88 bits per heavy atom. The van der Waals surface area contributed by atoms with E-state index in [0.717, 1.165) is 12.0 Å². The number of aliphatic hydroxyl groups excluding tert-OH is 1. The largest absolute Gasteiger partial charge is 0.392 e. The minimum Gasteiger partial charge on any atom is -0.392 e. The number of rotatable bonds is 6. The Hall–Kier alpha value is -1.66. The highest BCUT2D eigenvalue weighted by Crippen LogP contribution is 2.13. The van der Waals surface area contributed by atoms with Crippen LogP contribution in [0.4, 0.5) is 0 Å². The topological polar surface area (TPSA) is 65.5 Å². The van der Waals surface area contributed by atoms with E-state index >= 15 is 0 Å². The van der Waals surface area contributed by atoms with Crippen molar-refractivity contribution in [1.82, 2.24) is 15.2 Å². The Labute approximate surface area is 166 Å². The van der Waals surface area contributed by atoms with Crippen LogP contribution in [0, 0.1) is 0 Å². The van der Waals surface area contributed by atoms with E-state index in [1.54, 1.807) is 12.4 Å². The van der Waals surface area contributed by atoms with Crippen molar-refractivity contribution in [1.29, 1.82) is 0 Å². The molecule has 3 rings (SSSR count). The third-order valence-corrected chi connectivity index (χ3v) is 4.33. The molecule has 1 aliphatic rings. The maximum atomic E-state index is 12.8. The van der Waals surface area contributed by atoms with Crippen LogP contribution in [0.25, 0.3) is 0 Å². The van der Waals surface area contributed by atoms with Crippen molar-refractivity contribution in [2.24, 2.45) is 0 Å². The van der Waals surface area contributed by atoms with Crippen molar-refractivity contribution in [2.75, 3.05) is 13.1 Å². The fraction of sp³-hybridized carbons (Fsp3) is 0.368. The Bertz CT molecular complexity index is 658. The van der Waals surface area contributed by atoms with Gasteiger partial charge in [0.1, 0.15) is 0 Å². The van der Waals surface area contributed by atoms with Crippen molar-refractivity contribution in [2.45, 2.75) is 31.5 Å². The highest BCUT2D eigenvalue weighted by Gasteiger charge is 2.31. The van der Waals surface area contributed by atoms with Gasteiger partial charge in [0.05, 0.1) is 12.1 Å². The smallest absolute Gasteiger partial charge is 0.240 e. The zero-order valence-electron chi connectivity index (χ0n) is 14.5. The predicted molar refractivity (Wildman–Crippen MR) is 107 cm³/mol. The summed E-state index contributed by atoms with van der Waals surface area (Å²) in [6.45, 7) is 1.66. The van der Waals surface area contributed by atoms with Crippen LogP contribution in [0.2, 0.25) is 0 Å². The molecule has 26 heavy (non-hydrogen) atoms. The molecule has 0 spiro atoms. The first-order valence-electron chi connectivity index (χ1n) is 8.35. The predicted octanol–water partition coefficient (Wildman–Crippen LogP) is 2.22. The van der Waals surface area contributed by atoms with Crippen LogP contribution in [0.3, 0.4) is 0 Å². The summed E-state index contributed by atoms with van der Waals surface area (Å²) in [5.41, 5.74) is 2.22. The van der Waals surface area contributed by atoms with E-state index in [1.165, 1.54) is 5.56 Å². The molecular formula is C19H25Cl2N3O2. The normalized spacial score (nSPS) is 18.5. The van der Waals surface area contributed by atoms with E-state index in [4.69, 9.17) is 0 Å². The van der Waals surface area contributed by atoms with Crippen LogP contribution in [0.1, 0.15) is 17.5 Å². The van der Waals surface area contributed by atoms with Crippen molar-refractivity contribution in [3.63, 3.8) is 0 Å². The molecule has 0 saturated carbocycles. The van der Waals surface area contributed by atoms with Crippen molar-refractivity contribution in [3.8, 4) is 0 Å². The van der Waals surface area contributed by atoms with Gasteiger partial charge in [0.25, 0.3) is 0 Å². The molecule has 0 unspecified atom stereocenters. The second-order valence-electron chi connectivity index (χ2n) is 6.21. The molecule has 1 aromatic heterocycles. The first-order valence-corrected chi connectivity index (χ1v) is 8.35. The van der Waals surface area contributed by atoms with E-state index in [0.29, 0.717) is 26.1 Å². The summed E-state index contributed by atoms with van der Waals surface area (Å²) in [4.78, 5) is 18.8. The Morgan fingerprint density at radius 3 is 2.50 bits per heavy atom. The zero-order valence-corrected chi connectivity index (χ0v) is 16.1. The number of hydrogen-bond donors (Lipinski definition) is 2. The first kappa shape index (κ1) is 22.4. The summed E-state index contributed by atoms with van der Waals surface area (Å²) < 4.78 is 0. The number of nitrogens with zero attached hydrogens (tertiary/aromatic N) is 2. The van der Waals surface area contributed by atoms with Crippen LogP contribution in [-0.4, -0.2) is 46.1 Å². The highest BCUT2D eigenvalue weighted by molar-refractivity contribution is 5.85. The van der Waals surface area contributed by atoms with E-state index in [9.17, 15) is 9.90 Å². The van der Waals surface area contributed by atoms with Gasteiger partial charge in [0.2, 0.25) is 5.91 Å². The lowest BCUT2D eigenvalue weighted by molar-refractivity contribution is -0.133. The Balaban J connectivity index is 0.00000169. The number of carbonyl (C=O) groups is 1. The molecular weight excluding hydrogens is 373 g/mol. The van der Waals surface area contributed by atoms with Gasteiger partial charge in [-0.2, -0.15) is 0 Å². The zero-order chi connectivity index (χ0) is 16.8. The second-order valence-corrected chi connectivity index (χ2v) is 6.21. The lowest BCUT2D eigenvalue weighted by Crippen LogP contribution is -2.44. The van der Waals surface area contributed by atoms with Gasteiger partial charge < -0.3 is 15.3 Å². The van der Waals surface area contributed by atoms with Crippen LogP contribution in [-0.2, 0) is 17.8 Å². The SMILES string of the molecule is Cl.Cl.O=C([C@@H]1C[C@@H](O)CN1)N(CCc1ccccc1)Cc1cccnc1.